The fourth-order valence-corrected chi connectivity index (χ4v) is 1.66. The maximum atomic E-state index is 8.83. The van der Waals surface area contributed by atoms with Crippen LogP contribution >= 0.6 is 11.8 Å². The molecule has 0 aliphatic rings. The van der Waals surface area contributed by atoms with E-state index in [1.54, 1.807) is 18.3 Å². The first-order valence-corrected chi connectivity index (χ1v) is 4.87. The second-order valence-electron chi connectivity index (χ2n) is 2.51. The third kappa shape index (κ3) is 2.27. The van der Waals surface area contributed by atoms with Crippen LogP contribution in [-0.2, 0) is 0 Å². The van der Waals surface area contributed by atoms with Crippen LogP contribution in [0.4, 0.5) is 0 Å². The molecule has 72 valence electrons. The van der Waals surface area contributed by atoms with E-state index in [4.69, 9.17) is 5.26 Å². The lowest BCUT2D eigenvalue weighted by Crippen LogP contribution is -1.90. The molecule has 0 unspecified atom stereocenters. The van der Waals surface area contributed by atoms with Crippen molar-refractivity contribution < 1.29 is 0 Å². The number of hydrogen-bond donors (Lipinski definition) is 0. The number of nitrogens with zero attached hydrogens (tertiary/aromatic N) is 5. The summed E-state index contributed by atoms with van der Waals surface area (Å²) in [6.07, 6.45) is 4.57. The zero-order valence-electron chi connectivity index (χ0n) is 7.53. The Hall–Kier alpha value is -2.00. The molecule has 0 N–H and O–H groups in total. The lowest BCUT2D eigenvalue weighted by Gasteiger charge is -1.99. The Morgan fingerprint density at radius 2 is 2.20 bits per heavy atom. The van der Waals surface area contributed by atoms with Gasteiger partial charge in [0.2, 0.25) is 0 Å². The molecule has 0 aromatic carbocycles. The fraction of sp³-hybridized carbons (Fsp3) is 0. The topological polar surface area (TPSA) is 75.3 Å². The Bertz CT molecular complexity index is 493. The van der Waals surface area contributed by atoms with Crippen molar-refractivity contribution in [3.05, 3.63) is 36.4 Å². The molecule has 0 radical (unpaired) electrons. The van der Waals surface area contributed by atoms with Crippen molar-refractivity contribution in [1.82, 2.24) is 20.2 Å². The van der Waals surface area contributed by atoms with Gasteiger partial charge in [-0.05, 0) is 23.9 Å². The average molecular weight is 215 g/mol. The minimum atomic E-state index is 0.494. The summed E-state index contributed by atoms with van der Waals surface area (Å²) < 4.78 is 0. The van der Waals surface area contributed by atoms with Crippen molar-refractivity contribution >= 4 is 11.8 Å². The zero-order valence-corrected chi connectivity index (χ0v) is 8.35. The standard InChI is InChI=1S/C9H5N5S/c10-5-7-1-4-13-14-9(7)15-8-2-3-11-6-12-8/h1-4,6H. The van der Waals surface area contributed by atoms with E-state index in [-0.39, 0.29) is 0 Å². The van der Waals surface area contributed by atoms with Crippen LogP contribution in [0.2, 0.25) is 0 Å². The van der Waals surface area contributed by atoms with Gasteiger partial charge in [0.05, 0.1) is 11.8 Å². The summed E-state index contributed by atoms with van der Waals surface area (Å²) in [6, 6.07) is 5.42. The van der Waals surface area contributed by atoms with Crippen molar-refractivity contribution in [3.8, 4) is 6.07 Å². The highest BCUT2D eigenvalue weighted by atomic mass is 32.2. The molecule has 5 nitrogen and oxygen atoms in total. The van der Waals surface area contributed by atoms with Gasteiger partial charge in [0.15, 0.2) is 0 Å². The fourth-order valence-electron chi connectivity index (χ4n) is 0.917. The van der Waals surface area contributed by atoms with Crippen LogP contribution in [-0.4, -0.2) is 20.2 Å². The Balaban J connectivity index is 2.29. The van der Waals surface area contributed by atoms with Crippen LogP contribution in [0.5, 0.6) is 0 Å². The molecule has 0 amide bonds. The van der Waals surface area contributed by atoms with Crippen LogP contribution in [0.1, 0.15) is 5.56 Å². The molecule has 0 bridgehead atoms. The zero-order chi connectivity index (χ0) is 10.5. The minimum absolute atomic E-state index is 0.494. The molecule has 0 aliphatic carbocycles. The van der Waals surface area contributed by atoms with Gasteiger partial charge in [0.1, 0.15) is 22.4 Å². The van der Waals surface area contributed by atoms with E-state index in [1.165, 1.54) is 24.3 Å². The first-order chi connectivity index (χ1) is 7.40. The number of aromatic nitrogens is 4. The summed E-state index contributed by atoms with van der Waals surface area (Å²) in [5, 5.41) is 17.7. The summed E-state index contributed by atoms with van der Waals surface area (Å²) in [7, 11) is 0. The Morgan fingerprint density at radius 3 is 2.93 bits per heavy atom. The summed E-state index contributed by atoms with van der Waals surface area (Å²) in [5.74, 6) is 0. The summed E-state index contributed by atoms with van der Waals surface area (Å²) in [6.45, 7) is 0. The average Bonchev–Trinajstić information content (AvgIpc) is 2.31. The van der Waals surface area contributed by atoms with Crippen LogP contribution in [0, 0.1) is 11.3 Å². The highest BCUT2D eigenvalue weighted by Gasteiger charge is 2.05. The van der Waals surface area contributed by atoms with Crippen LogP contribution in [0.15, 0.2) is 40.9 Å². The molecule has 0 aliphatic heterocycles. The van der Waals surface area contributed by atoms with Crippen LogP contribution in [0.25, 0.3) is 0 Å². The lowest BCUT2D eigenvalue weighted by molar-refractivity contribution is 0.915. The first-order valence-electron chi connectivity index (χ1n) is 4.06. The molecule has 2 aromatic rings. The van der Waals surface area contributed by atoms with Crippen molar-refractivity contribution in [1.29, 1.82) is 5.26 Å². The van der Waals surface area contributed by atoms with Crippen molar-refractivity contribution in [3.63, 3.8) is 0 Å². The predicted molar refractivity (Wildman–Crippen MR) is 52.9 cm³/mol. The van der Waals surface area contributed by atoms with E-state index < -0.39 is 0 Å². The lowest BCUT2D eigenvalue weighted by atomic mass is 10.3. The maximum absolute atomic E-state index is 8.83. The number of nitriles is 1. The van der Waals surface area contributed by atoms with Gasteiger partial charge in [0, 0.05) is 6.20 Å². The van der Waals surface area contributed by atoms with Gasteiger partial charge in [-0.3, -0.25) is 0 Å². The van der Waals surface area contributed by atoms with E-state index in [9.17, 15) is 0 Å². The predicted octanol–water partition coefficient (Wildman–Crippen LogP) is 1.29. The van der Waals surface area contributed by atoms with E-state index in [1.807, 2.05) is 6.07 Å². The van der Waals surface area contributed by atoms with E-state index in [0.29, 0.717) is 10.6 Å². The first kappa shape index (κ1) is 9.55. The largest absolute Gasteiger partial charge is 0.245 e. The minimum Gasteiger partial charge on any atom is -0.245 e. The molecular formula is C9H5N5S. The normalized spacial score (nSPS) is 9.53. The summed E-state index contributed by atoms with van der Waals surface area (Å²) >= 11 is 1.29. The van der Waals surface area contributed by atoms with E-state index >= 15 is 0 Å². The van der Waals surface area contributed by atoms with Gasteiger partial charge < -0.3 is 0 Å². The molecule has 2 rings (SSSR count). The molecule has 0 spiro atoms. The Morgan fingerprint density at radius 1 is 1.27 bits per heavy atom. The van der Waals surface area contributed by atoms with Crippen molar-refractivity contribution in [2.45, 2.75) is 10.1 Å². The van der Waals surface area contributed by atoms with E-state index in [0.717, 1.165) is 5.03 Å². The van der Waals surface area contributed by atoms with Crippen LogP contribution < -0.4 is 0 Å². The van der Waals surface area contributed by atoms with Crippen molar-refractivity contribution in [2.75, 3.05) is 0 Å². The van der Waals surface area contributed by atoms with Gasteiger partial charge in [-0.25, -0.2) is 9.97 Å². The third-order valence-electron chi connectivity index (χ3n) is 1.56. The van der Waals surface area contributed by atoms with Crippen molar-refractivity contribution in [2.24, 2.45) is 0 Å². The van der Waals surface area contributed by atoms with Crippen LogP contribution in [0.3, 0.4) is 0 Å². The maximum Gasteiger partial charge on any atom is 0.143 e. The Kier molecular flexibility index (Phi) is 2.85. The molecule has 0 saturated heterocycles. The highest BCUT2D eigenvalue weighted by Crippen LogP contribution is 2.25. The molecule has 0 atom stereocenters. The number of rotatable bonds is 2. The van der Waals surface area contributed by atoms with Gasteiger partial charge in [-0.1, -0.05) is 0 Å². The SMILES string of the molecule is N#Cc1ccnnc1Sc1ccncn1. The molecule has 6 heteroatoms. The van der Waals surface area contributed by atoms with Gasteiger partial charge >= 0.3 is 0 Å². The van der Waals surface area contributed by atoms with Gasteiger partial charge in [-0.2, -0.15) is 10.4 Å². The molecule has 2 heterocycles. The monoisotopic (exact) mass is 215 g/mol. The molecule has 0 fully saturated rings. The smallest absolute Gasteiger partial charge is 0.143 e. The third-order valence-corrected chi connectivity index (χ3v) is 2.51. The highest BCUT2D eigenvalue weighted by molar-refractivity contribution is 7.99. The van der Waals surface area contributed by atoms with E-state index in [2.05, 4.69) is 20.2 Å². The van der Waals surface area contributed by atoms with Gasteiger partial charge in [-0.15, -0.1) is 5.10 Å². The summed E-state index contributed by atoms with van der Waals surface area (Å²) in [5.41, 5.74) is 0.494. The second-order valence-corrected chi connectivity index (χ2v) is 3.52. The number of hydrogen-bond acceptors (Lipinski definition) is 6. The Labute approximate surface area is 90.2 Å². The quantitative estimate of drug-likeness (QED) is 0.702. The van der Waals surface area contributed by atoms with Gasteiger partial charge in [0.25, 0.3) is 0 Å². The molecular weight excluding hydrogens is 210 g/mol. The summed E-state index contributed by atoms with van der Waals surface area (Å²) in [4.78, 5) is 7.83. The molecule has 0 saturated carbocycles. The second kappa shape index (κ2) is 4.48. The molecule has 2 aromatic heterocycles. The molecule has 15 heavy (non-hydrogen) atoms.